The van der Waals surface area contributed by atoms with Crippen LogP contribution in [0.1, 0.15) is 32.8 Å². The van der Waals surface area contributed by atoms with Crippen LogP contribution in [0.4, 0.5) is 5.69 Å². The third-order valence-electron chi connectivity index (χ3n) is 5.54. The molecule has 192 valence electrons. The fourth-order valence-corrected chi connectivity index (χ4v) is 4.42. The molecule has 0 aliphatic rings. The summed E-state index contributed by atoms with van der Waals surface area (Å²) in [4.78, 5) is 27.7. The van der Waals surface area contributed by atoms with Gasteiger partial charge in [0, 0.05) is 12.6 Å². The lowest BCUT2D eigenvalue weighted by atomic mass is 10.1. The summed E-state index contributed by atoms with van der Waals surface area (Å²) in [5.74, 6) is -0.350. The topological polar surface area (TPSA) is 96.0 Å². The van der Waals surface area contributed by atoms with Gasteiger partial charge in [-0.3, -0.25) is 13.9 Å². The van der Waals surface area contributed by atoms with Crippen molar-refractivity contribution in [2.75, 3.05) is 24.2 Å². The van der Waals surface area contributed by atoms with Crippen molar-refractivity contribution in [1.82, 2.24) is 10.2 Å². The van der Waals surface area contributed by atoms with Gasteiger partial charge in [-0.05, 0) is 62.2 Å². The van der Waals surface area contributed by atoms with E-state index >= 15 is 0 Å². The number of anilines is 1. The van der Waals surface area contributed by atoms with Gasteiger partial charge in [0.1, 0.15) is 18.3 Å². The molecule has 0 radical (unpaired) electrons. The van der Waals surface area contributed by atoms with Crippen LogP contribution in [0.25, 0.3) is 0 Å². The van der Waals surface area contributed by atoms with E-state index in [0.717, 1.165) is 17.0 Å². The first-order valence-corrected chi connectivity index (χ1v) is 13.6. The van der Waals surface area contributed by atoms with Crippen molar-refractivity contribution in [3.63, 3.8) is 0 Å². The largest absolute Gasteiger partial charge is 0.497 e. The average molecular weight is 545 g/mol. The van der Waals surface area contributed by atoms with Crippen molar-refractivity contribution >= 4 is 50.7 Å². The molecule has 2 amide bonds. The fourth-order valence-electron chi connectivity index (χ4n) is 3.25. The first-order chi connectivity index (χ1) is 16.4. The lowest BCUT2D eigenvalue weighted by Gasteiger charge is -2.32. The lowest BCUT2D eigenvalue weighted by molar-refractivity contribution is -0.139. The zero-order chi connectivity index (χ0) is 26.3. The van der Waals surface area contributed by atoms with E-state index in [1.54, 1.807) is 49.4 Å². The highest BCUT2D eigenvalue weighted by atomic mass is 35.5. The number of nitrogens with one attached hydrogen (secondary N) is 1. The molecule has 1 N–H and O–H groups in total. The van der Waals surface area contributed by atoms with Crippen LogP contribution in [0.2, 0.25) is 10.0 Å². The molecule has 0 spiro atoms. The second-order valence-corrected chi connectivity index (χ2v) is 11.0. The Bertz CT molecular complexity index is 1140. The number of sulfonamides is 1. The van der Waals surface area contributed by atoms with Gasteiger partial charge < -0.3 is 15.0 Å². The van der Waals surface area contributed by atoms with Crippen LogP contribution in [0.5, 0.6) is 5.75 Å². The molecule has 8 nitrogen and oxygen atoms in total. The highest BCUT2D eigenvalue weighted by Gasteiger charge is 2.30. The monoisotopic (exact) mass is 543 g/mol. The molecule has 0 saturated heterocycles. The SMILES string of the molecule is CCC(C)NC(=O)C(C)N(Cc1ccc(Cl)c(Cl)c1)C(=O)CN(c1ccc(OC)cc1)S(C)(=O)=O. The number of carbonyl (C=O) groups is 2. The Labute approximate surface area is 217 Å². The fraction of sp³-hybridized carbons (Fsp3) is 0.417. The van der Waals surface area contributed by atoms with Gasteiger partial charge in [-0.25, -0.2) is 8.42 Å². The predicted octanol–water partition coefficient (Wildman–Crippen LogP) is 4.10. The minimum atomic E-state index is -3.81. The molecule has 2 aromatic carbocycles. The molecule has 0 aliphatic heterocycles. The first kappa shape index (κ1) is 28.7. The molecule has 0 heterocycles. The molecule has 0 saturated carbocycles. The number of carbonyl (C=O) groups excluding carboxylic acids is 2. The van der Waals surface area contributed by atoms with Gasteiger partial charge in [-0.15, -0.1) is 0 Å². The second kappa shape index (κ2) is 12.5. The van der Waals surface area contributed by atoms with Crippen LogP contribution in [0.3, 0.4) is 0 Å². The Kier molecular flexibility index (Phi) is 10.2. The zero-order valence-electron chi connectivity index (χ0n) is 20.4. The molecule has 0 fully saturated rings. The molecule has 2 aromatic rings. The number of methoxy groups -OCH3 is 1. The van der Waals surface area contributed by atoms with Crippen LogP contribution in [-0.2, 0) is 26.2 Å². The van der Waals surface area contributed by atoms with Gasteiger partial charge in [-0.2, -0.15) is 0 Å². The van der Waals surface area contributed by atoms with E-state index in [1.165, 1.54) is 12.0 Å². The molecule has 11 heteroatoms. The van der Waals surface area contributed by atoms with Crippen molar-refractivity contribution in [2.24, 2.45) is 0 Å². The van der Waals surface area contributed by atoms with E-state index in [-0.39, 0.29) is 18.5 Å². The molecule has 0 aromatic heterocycles. The molecule has 2 unspecified atom stereocenters. The molecule has 35 heavy (non-hydrogen) atoms. The number of rotatable bonds is 11. The van der Waals surface area contributed by atoms with E-state index in [0.29, 0.717) is 27.0 Å². The summed E-state index contributed by atoms with van der Waals surface area (Å²) >= 11 is 12.2. The zero-order valence-corrected chi connectivity index (χ0v) is 22.7. The van der Waals surface area contributed by atoms with Gasteiger partial charge in [0.15, 0.2) is 0 Å². The Morgan fingerprint density at radius 2 is 1.69 bits per heavy atom. The Balaban J connectivity index is 2.40. The Morgan fingerprint density at radius 3 is 2.20 bits per heavy atom. The minimum absolute atomic E-state index is 0.0328. The summed E-state index contributed by atoms with van der Waals surface area (Å²) in [5.41, 5.74) is 0.944. The molecule has 0 aliphatic carbocycles. The van der Waals surface area contributed by atoms with Crippen LogP contribution in [-0.4, -0.2) is 57.1 Å². The smallest absolute Gasteiger partial charge is 0.244 e. The average Bonchev–Trinajstić information content (AvgIpc) is 2.81. The maximum atomic E-state index is 13.5. The summed E-state index contributed by atoms with van der Waals surface area (Å²) < 4.78 is 31.3. The van der Waals surface area contributed by atoms with Crippen molar-refractivity contribution in [3.8, 4) is 5.75 Å². The summed E-state index contributed by atoms with van der Waals surface area (Å²) in [5, 5.41) is 3.54. The summed E-state index contributed by atoms with van der Waals surface area (Å²) in [7, 11) is -2.31. The third-order valence-corrected chi connectivity index (χ3v) is 7.42. The normalized spacial score (nSPS) is 13.0. The Morgan fingerprint density at radius 1 is 1.06 bits per heavy atom. The van der Waals surface area contributed by atoms with Gasteiger partial charge in [0.05, 0.1) is 29.1 Å². The third kappa shape index (κ3) is 8.02. The van der Waals surface area contributed by atoms with E-state index in [1.807, 2.05) is 13.8 Å². The first-order valence-electron chi connectivity index (χ1n) is 11.0. The van der Waals surface area contributed by atoms with Gasteiger partial charge in [0.2, 0.25) is 21.8 Å². The highest BCUT2D eigenvalue weighted by Crippen LogP contribution is 2.25. The maximum Gasteiger partial charge on any atom is 0.244 e. The number of hydrogen-bond acceptors (Lipinski definition) is 5. The van der Waals surface area contributed by atoms with Crippen molar-refractivity contribution < 1.29 is 22.7 Å². The van der Waals surface area contributed by atoms with Crippen LogP contribution >= 0.6 is 23.2 Å². The quantitative estimate of drug-likeness (QED) is 0.460. The molecule has 2 rings (SSSR count). The number of ether oxygens (including phenoxy) is 1. The Hall–Kier alpha value is -2.49. The van der Waals surface area contributed by atoms with Gasteiger partial charge in [-0.1, -0.05) is 36.2 Å². The molecule has 2 atom stereocenters. The van der Waals surface area contributed by atoms with Crippen molar-refractivity contribution in [2.45, 2.75) is 45.8 Å². The van der Waals surface area contributed by atoms with Gasteiger partial charge >= 0.3 is 0 Å². The minimum Gasteiger partial charge on any atom is -0.497 e. The van der Waals surface area contributed by atoms with E-state index in [9.17, 15) is 18.0 Å². The van der Waals surface area contributed by atoms with Crippen molar-refractivity contribution in [3.05, 3.63) is 58.1 Å². The van der Waals surface area contributed by atoms with E-state index in [2.05, 4.69) is 5.32 Å². The number of halogens is 2. The van der Waals surface area contributed by atoms with Crippen LogP contribution in [0, 0.1) is 0 Å². The summed E-state index contributed by atoms with van der Waals surface area (Å²) in [6, 6.07) is 10.3. The number of benzene rings is 2. The van der Waals surface area contributed by atoms with Gasteiger partial charge in [0.25, 0.3) is 0 Å². The molecular weight excluding hydrogens is 513 g/mol. The van der Waals surface area contributed by atoms with Crippen molar-refractivity contribution in [1.29, 1.82) is 0 Å². The number of nitrogens with zero attached hydrogens (tertiary/aromatic N) is 2. The predicted molar refractivity (Wildman–Crippen MR) is 140 cm³/mol. The van der Waals surface area contributed by atoms with Crippen LogP contribution in [0.15, 0.2) is 42.5 Å². The second-order valence-electron chi connectivity index (χ2n) is 8.23. The maximum absolute atomic E-state index is 13.5. The highest BCUT2D eigenvalue weighted by molar-refractivity contribution is 7.92. The molecule has 0 bridgehead atoms. The standard InChI is InChI=1S/C24H31Cl2N3O5S/c1-6-16(2)27-24(31)17(3)28(14-18-7-12-21(25)22(26)13-18)23(30)15-29(35(5,32)33)19-8-10-20(34-4)11-9-19/h7-13,16-17H,6,14-15H2,1-5H3,(H,27,31). The van der Waals surface area contributed by atoms with E-state index in [4.69, 9.17) is 27.9 Å². The number of amides is 2. The number of hydrogen-bond donors (Lipinski definition) is 1. The lowest BCUT2D eigenvalue weighted by Crippen LogP contribution is -2.52. The summed E-state index contributed by atoms with van der Waals surface area (Å²) in [6.07, 6.45) is 1.74. The molecular formula is C24H31Cl2N3O5S. The van der Waals surface area contributed by atoms with E-state index < -0.39 is 28.5 Å². The summed E-state index contributed by atoms with van der Waals surface area (Å²) in [6.45, 7) is 4.95. The van der Waals surface area contributed by atoms with Crippen LogP contribution < -0.4 is 14.4 Å².